The van der Waals surface area contributed by atoms with Crippen LogP contribution in [0.2, 0.25) is 0 Å². The molecular formula is C19H21N3O4S. The van der Waals surface area contributed by atoms with E-state index in [1.165, 1.54) is 0 Å². The molecule has 27 heavy (non-hydrogen) atoms. The number of aromatic amines is 1. The van der Waals surface area contributed by atoms with Crippen molar-refractivity contribution in [3.05, 3.63) is 41.7 Å². The second-order valence-electron chi connectivity index (χ2n) is 6.37. The fraction of sp³-hybridized carbons (Fsp3) is 0.368. The van der Waals surface area contributed by atoms with Gasteiger partial charge in [-0.05, 0) is 18.2 Å². The number of hydrogen-bond donors (Lipinski definition) is 1. The zero-order valence-corrected chi connectivity index (χ0v) is 16.0. The first-order valence-corrected chi connectivity index (χ1v) is 10.0. The fourth-order valence-electron chi connectivity index (χ4n) is 3.22. The number of nitrogens with zero attached hydrogens (tertiary/aromatic N) is 2. The summed E-state index contributed by atoms with van der Waals surface area (Å²) in [4.78, 5) is 12.0. The molecule has 0 saturated heterocycles. The van der Waals surface area contributed by atoms with Crippen LogP contribution in [-0.2, 0) is 27.7 Å². The van der Waals surface area contributed by atoms with Gasteiger partial charge in [0.2, 0.25) is 0 Å². The number of aromatic nitrogens is 3. The van der Waals surface area contributed by atoms with Crippen molar-refractivity contribution < 1.29 is 18.4 Å². The fourth-order valence-corrected chi connectivity index (χ4v) is 4.28. The van der Waals surface area contributed by atoms with Crippen LogP contribution in [0.4, 0.5) is 0 Å². The van der Waals surface area contributed by atoms with Gasteiger partial charge in [0.1, 0.15) is 17.6 Å². The van der Waals surface area contributed by atoms with Crippen LogP contribution in [0.1, 0.15) is 17.7 Å². The molecule has 0 radical (unpaired) electrons. The van der Waals surface area contributed by atoms with Crippen LogP contribution >= 0.6 is 0 Å². The molecule has 0 saturated carbocycles. The van der Waals surface area contributed by atoms with E-state index in [0.717, 1.165) is 46.6 Å². The minimum Gasteiger partial charge on any atom is -0.497 e. The molecule has 3 aromatic rings. The number of benzene rings is 1. The molecule has 3 heterocycles. The van der Waals surface area contributed by atoms with E-state index in [1.807, 2.05) is 24.3 Å². The molecule has 1 aromatic carbocycles. The number of H-pyrrole nitrogens is 1. The molecule has 8 heteroatoms. The van der Waals surface area contributed by atoms with E-state index in [2.05, 4.69) is 15.0 Å². The Hall–Kier alpha value is -2.45. The second kappa shape index (κ2) is 7.66. The molecule has 0 aliphatic carbocycles. The van der Waals surface area contributed by atoms with Crippen LogP contribution < -0.4 is 9.47 Å². The van der Waals surface area contributed by atoms with Crippen molar-refractivity contribution in [2.24, 2.45) is 0 Å². The van der Waals surface area contributed by atoms with Crippen molar-refractivity contribution in [3.63, 3.8) is 0 Å². The summed E-state index contributed by atoms with van der Waals surface area (Å²) in [6.45, 7) is 0.649. The lowest BCUT2D eigenvalue weighted by molar-refractivity contribution is 0.138. The van der Waals surface area contributed by atoms with Crippen LogP contribution in [-0.4, -0.2) is 46.1 Å². The van der Waals surface area contributed by atoms with E-state index in [9.17, 15) is 4.21 Å². The number of hydrogen-bond acceptors (Lipinski definition) is 6. The maximum atomic E-state index is 12.9. The molecule has 7 nitrogen and oxygen atoms in total. The van der Waals surface area contributed by atoms with Crippen LogP contribution in [0, 0.1) is 0 Å². The van der Waals surface area contributed by atoms with E-state index in [1.54, 1.807) is 20.4 Å². The van der Waals surface area contributed by atoms with Crippen molar-refractivity contribution >= 4 is 21.8 Å². The van der Waals surface area contributed by atoms with E-state index >= 15 is 0 Å². The number of ether oxygens (including phenoxy) is 3. The van der Waals surface area contributed by atoms with Crippen molar-refractivity contribution in [3.8, 4) is 11.5 Å². The number of fused-ring (bicyclic) bond motifs is 2. The van der Waals surface area contributed by atoms with Crippen LogP contribution in [0.3, 0.4) is 0 Å². The van der Waals surface area contributed by atoms with Crippen molar-refractivity contribution in [1.82, 2.24) is 15.0 Å². The van der Waals surface area contributed by atoms with E-state index in [0.29, 0.717) is 17.5 Å². The summed E-state index contributed by atoms with van der Waals surface area (Å²) in [5, 5.41) is 0.438. The largest absolute Gasteiger partial charge is 0.497 e. The SMILES string of the molecule is COCCC1Cc2c(ccnc2CS(=O)c2nc3ccc(OC)cc3[nH]2)O1. The molecule has 142 valence electrons. The van der Waals surface area contributed by atoms with E-state index in [4.69, 9.17) is 14.2 Å². The summed E-state index contributed by atoms with van der Waals surface area (Å²) in [7, 11) is 1.96. The lowest BCUT2D eigenvalue weighted by atomic mass is 10.1. The van der Waals surface area contributed by atoms with Gasteiger partial charge in [-0.25, -0.2) is 4.98 Å². The molecule has 0 amide bonds. The van der Waals surface area contributed by atoms with Gasteiger partial charge in [0.25, 0.3) is 0 Å². The monoisotopic (exact) mass is 387 g/mol. The Labute approximate surface area is 159 Å². The van der Waals surface area contributed by atoms with Gasteiger partial charge in [-0.2, -0.15) is 0 Å². The molecule has 4 rings (SSSR count). The van der Waals surface area contributed by atoms with Gasteiger partial charge in [-0.3, -0.25) is 9.19 Å². The Bertz CT molecular complexity index is 988. The first-order valence-electron chi connectivity index (χ1n) is 8.72. The Morgan fingerprint density at radius 2 is 2.22 bits per heavy atom. The molecule has 0 bridgehead atoms. The molecule has 2 aromatic heterocycles. The topological polar surface area (TPSA) is 86.3 Å². The summed E-state index contributed by atoms with van der Waals surface area (Å²) in [5.41, 5.74) is 3.38. The Balaban J connectivity index is 1.54. The number of nitrogens with one attached hydrogen (secondary N) is 1. The van der Waals surface area contributed by atoms with Gasteiger partial charge in [0.05, 0.1) is 40.4 Å². The zero-order valence-electron chi connectivity index (χ0n) is 15.2. The lowest BCUT2D eigenvalue weighted by Crippen LogP contribution is -2.15. The quantitative estimate of drug-likeness (QED) is 0.671. The predicted octanol–water partition coefficient (Wildman–Crippen LogP) is 2.61. The van der Waals surface area contributed by atoms with Gasteiger partial charge in [0.15, 0.2) is 5.16 Å². The summed E-state index contributed by atoms with van der Waals surface area (Å²) < 4.78 is 29.2. The van der Waals surface area contributed by atoms with Crippen LogP contribution in [0.5, 0.6) is 11.5 Å². The predicted molar refractivity (Wildman–Crippen MR) is 102 cm³/mol. The molecule has 1 N–H and O–H groups in total. The number of rotatable bonds is 7. The third-order valence-electron chi connectivity index (χ3n) is 4.62. The average Bonchev–Trinajstić information content (AvgIpc) is 3.30. The minimum atomic E-state index is -1.33. The Kier molecular flexibility index (Phi) is 5.09. The van der Waals surface area contributed by atoms with Crippen molar-refractivity contribution in [2.45, 2.75) is 29.9 Å². The highest BCUT2D eigenvalue weighted by molar-refractivity contribution is 7.84. The maximum Gasteiger partial charge on any atom is 0.197 e. The standard InChI is InChI=1S/C19H21N3O4S/c1-24-8-6-13-9-14-17(20-7-5-18(14)26-13)11-27(23)19-21-15-4-3-12(25-2)10-16(15)22-19/h3-5,7,10,13H,6,8-9,11H2,1-2H3,(H,21,22). The van der Waals surface area contributed by atoms with Crippen molar-refractivity contribution in [1.29, 1.82) is 0 Å². The number of methoxy groups -OCH3 is 2. The highest BCUT2D eigenvalue weighted by Gasteiger charge is 2.27. The molecule has 2 unspecified atom stereocenters. The lowest BCUT2D eigenvalue weighted by Gasteiger charge is -2.08. The Morgan fingerprint density at radius 3 is 3.04 bits per heavy atom. The normalized spacial score (nSPS) is 16.9. The second-order valence-corrected chi connectivity index (χ2v) is 7.74. The third-order valence-corrected chi connectivity index (χ3v) is 5.78. The molecule has 0 fully saturated rings. The van der Waals surface area contributed by atoms with Gasteiger partial charge >= 0.3 is 0 Å². The zero-order chi connectivity index (χ0) is 18.8. The van der Waals surface area contributed by atoms with Gasteiger partial charge in [-0.15, -0.1) is 0 Å². The van der Waals surface area contributed by atoms with Crippen LogP contribution in [0.25, 0.3) is 11.0 Å². The smallest absolute Gasteiger partial charge is 0.197 e. The molecule has 0 spiro atoms. The maximum absolute atomic E-state index is 12.9. The van der Waals surface area contributed by atoms with E-state index in [-0.39, 0.29) is 6.10 Å². The first-order chi connectivity index (χ1) is 13.2. The van der Waals surface area contributed by atoms with E-state index < -0.39 is 10.8 Å². The van der Waals surface area contributed by atoms with Gasteiger partial charge in [0, 0.05) is 44.4 Å². The van der Waals surface area contributed by atoms with Gasteiger partial charge in [-0.1, -0.05) is 0 Å². The molecule has 1 aliphatic rings. The summed E-state index contributed by atoms with van der Waals surface area (Å²) in [6, 6.07) is 7.38. The third kappa shape index (κ3) is 3.68. The average molecular weight is 387 g/mol. The summed E-state index contributed by atoms with van der Waals surface area (Å²) in [5.74, 6) is 1.85. The van der Waals surface area contributed by atoms with Crippen molar-refractivity contribution in [2.75, 3.05) is 20.8 Å². The molecule has 2 atom stereocenters. The minimum absolute atomic E-state index is 0.0787. The highest BCUT2D eigenvalue weighted by Crippen LogP contribution is 2.32. The first kappa shape index (κ1) is 17.9. The van der Waals surface area contributed by atoms with Crippen LogP contribution in [0.15, 0.2) is 35.6 Å². The summed E-state index contributed by atoms with van der Waals surface area (Å²) in [6.07, 6.45) is 3.36. The highest BCUT2D eigenvalue weighted by atomic mass is 32.2. The summed E-state index contributed by atoms with van der Waals surface area (Å²) >= 11 is 0. The molecule has 1 aliphatic heterocycles. The molecular weight excluding hydrogens is 366 g/mol. The van der Waals surface area contributed by atoms with Gasteiger partial charge < -0.3 is 19.2 Å². The Morgan fingerprint density at radius 1 is 1.33 bits per heavy atom. The number of pyridine rings is 1. The number of imidazole rings is 1.